The van der Waals surface area contributed by atoms with Gasteiger partial charge in [0.2, 0.25) is 0 Å². The summed E-state index contributed by atoms with van der Waals surface area (Å²) in [5.41, 5.74) is 0.336. The van der Waals surface area contributed by atoms with Crippen molar-refractivity contribution in [2.24, 2.45) is 4.99 Å². The van der Waals surface area contributed by atoms with Gasteiger partial charge in [0.15, 0.2) is 4.80 Å². The van der Waals surface area contributed by atoms with E-state index < -0.39 is 16.8 Å². The minimum Gasteiger partial charge on any atom is -0.468 e. The quantitative estimate of drug-likeness (QED) is 0.395. The van der Waals surface area contributed by atoms with Gasteiger partial charge in [-0.2, -0.15) is 4.99 Å². The first-order chi connectivity index (χ1) is 12.0. The fourth-order valence-electron chi connectivity index (χ4n) is 2.14. The van der Waals surface area contributed by atoms with Crippen LogP contribution < -0.4 is 4.80 Å². The van der Waals surface area contributed by atoms with E-state index in [4.69, 9.17) is 0 Å². The number of benzene rings is 1. The molecule has 0 saturated heterocycles. The lowest BCUT2D eigenvalue weighted by Crippen LogP contribution is -2.22. The molecule has 0 aliphatic carbocycles. The van der Waals surface area contributed by atoms with Crippen LogP contribution in [0.2, 0.25) is 0 Å². The molecule has 1 amide bonds. The number of methoxy groups -OCH3 is 1. The number of amides is 1. The summed E-state index contributed by atoms with van der Waals surface area (Å²) < 4.78 is 6.79. The molecule has 128 valence electrons. The van der Waals surface area contributed by atoms with Crippen LogP contribution in [0.5, 0.6) is 0 Å². The summed E-state index contributed by atoms with van der Waals surface area (Å²) in [7, 11) is 1.24. The average molecular weight is 377 g/mol. The van der Waals surface area contributed by atoms with E-state index in [-0.39, 0.29) is 17.0 Å². The molecule has 0 radical (unpaired) electrons. The minimum atomic E-state index is -0.545. The molecule has 3 aromatic rings. The SMILES string of the molecule is COC(=O)Cn1c(=NC(=O)c2cccs2)sc2ccc([N+](=O)[O-])cc21. The number of nitro benzene ring substituents is 1. The van der Waals surface area contributed by atoms with Crippen LogP contribution in [0.1, 0.15) is 9.67 Å². The summed E-state index contributed by atoms with van der Waals surface area (Å²) >= 11 is 2.43. The third-order valence-electron chi connectivity index (χ3n) is 3.32. The highest BCUT2D eigenvalue weighted by atomic mass is 32.1. The molecule has 1 aromatic carbocycles. The van der Waals surface area contributed by atoms with Crippen LogP contribution in [0, 0.1) is 10.1 Å². The van der Waals surface area contributed by atoms with Crippen LogP contribution >= 0.6 is 22.7 Å². The van der Waals surface area contributed by atoms with Crippen LogP contribution in [0.3, 0.4) is 0 Å². The number of ether oxygens (including phenoxy) is 1. The first-order valence-corrected chi connectivity index (χ1v) is 8.66. The van der Waals surface area contributed by atoms with Crippen molar-refractivity contribution < 1.29 is 19.2 Å². The third kappa shape index (κ3) is 3.49. The second-order valence-electron chi connectivity index (χ2n) is 4.85. The maximum absolute atomic E-state index is 12.2. The molecular formula is C15H11N3O5S2. The van der Waals surface area contributed by atoms with Crippen LogP contribution in [-0.4, -0.2) is 28.5 Å². The molecule has 2 heterocycles. The number of carbonyl (C=O) groups is 2. The summed E-state index contributed by atoms with van der Waals surface area (Å²) in [5.74, 6) is -0.981. The number of fused-ring (bicyclic) bond motifs is 1. The number of esters is 1. The molecule has 0 spiro atoms. The molecular weight excluding hydrogens is 366 g/mol. The van der Waals surface area contributed by atoms with Gasteiger partial charge >= 0.3 is 5.97 Å². The summed E-state index contributed by atoms with van der Waals surface area (Å²) in [6.07, 6.45) is 0. The molecule has 3 rings (SSSR count). The van der Waals surface area contributed by atoms with E-state index in [0.717, 1.165) is 0 Å². The van der Waals surface area contributed by atoms with Crippen LogP contribution in [0.25, 0.3) is 10.2 Å². The van der Waals surface area contributed by atoms with Crippen molar-refractivity contribution in [1.82, 2.24) is 4.57 Å². The van der Waals surface area contributed by atoms with Gasteiger partial charge in [0.05, 0.1) is 27.1 Å². The first kappa shape index (κ1) is 17.0. The summed E-state index contributed by atoms with van der Waals surface area (Å²) in [6.45, 7) is -0.200. The predicted molar refractivity (Wildman–Crippen MR) is 92.7 cm³/mol. The van der Waals surface area contributed by atoms with Gasteiger partial charge in [-0.25, -0.2) is 0 Å². The molecule has 10 heteroatoms. The largest absolute Gasteiger partial charge is 0.468 e. The van der Waals surface area contributed by atoms with E-state index in [1.165, 1.54) is 46.5 Å². The van der Waals surface area contributed by atoms with Gasteiger partial charge < -0.3 is 9.30 Å². The van der Waals surface area contributed by atoms with Crippen molar-refractivity contribution in [2.45, 2.75) is 6.54 Å². The molecule has 0 aliphatic heterocycles. The van der Waals surface area contributed by atoms with E-state index in [0.29, 0.717) is 15.1 Å². The molecule has 0 N–H and O–H groups in total. The summed E-state index contributed by atoms with van der Waals surface area (Å²) in [6, 6.07) is 7.68. The zero-order valence-corrected chi connectivity index (χ0v) is 14.5. The number of thiophene rings is 1. The van der Waals surface area contributed by atoms with E-state index >= 15 is 0 Å². The number of rotatable bonds is 4. The molecule has 8 nitrogen and oxygen atoms in total. The van der Waals surface area contributed by atoms with E-state index in [1.54, 1.807) is 23.6 Å². The lowest BCUT2D eigenvalue weighted by atomic mass is 10.3. The highest BCUT2D eigenvalue weighted by molar-refractivity contribution is 7.16. The topological polar surface area (TPSA) is 104 Å². The number of carbonyl (C=O) groups excluding carboxylic acids is 2. The third-order valence-corrected chi connectivity index (χ3v) is 5.24. The van der Waals surface area contributed by atoms with E-state index in [9.17, 15) is 19.7 Å². The number of non-ortho nitro benzene ring substituents is 1. The lowest BCUT2D eigenvalue weighted by molar-refractivity contribution is -0.384. The van der Waals surface area contributed by atoms with Crippen molar-refractivity contribution in [3.05, 3.63) is 55.5 Å². The second kappa shape index (κ2) is 6.95. The lowest BCUT2D eigenvalue weighted by Gasteiger charge is -2.03. The fraction of sp³-hybridized carbons (Fsp3) is 0.133. The number of thiazole rings is 1. The van der Waals surface area contributed by atoms with Gasteiger partial charge in [-0.15, -0.1) is 11.3 Å². The van der Waals surface area contributed by atoms with Gasteiger partial charge in [-0.1, -0.05) is 17.4 Å². The molecule has 0 fully saturated rings. The first-order valence-electron chi connectivity index (χ1n) is 6.97. The highest BCUT2D eigenvalue weighted by Gasteiger charge is 2.16. The Balaban J connectivity index is 2.19. The van der Waals surface area contributed by atoms with Crippen molar-refractivity contribution >= 4 is 50.5 Å². The number of hydrogen-bond acceptors (Lipinski definition) is 7. The average Bonchev–Trinajstić information content (AvgIpc) is 3.23. The monoisotopic (exact) mass is 377 g/mol. The van der Waals surface area contributed by atoms with Crippen LogP contribution in [0.15, 0.2) is 40.7 Å². The molecule has 25 heavy (non-hydrogen) atoms. The minimum absolute atomic E-state index is 0.111. The van der Waals surface area contributed by atoms with E-state index in [1.807, 2.05) is 0 Å². The number of aromatic nitrogens is 1. The Morgan fingerprint density at radius 2 is 2.16 bits per heavy atom. The molecule has 0 aliphatic rings. The van der Waals surface area contributed by atoms with Gasteiger partial charge in [0, 0.05) is 12.1 Å². The number of nitrogens with zero attached hydrogens (tertiary/aromatic N) is 3. The Morgan fingerprint density at radius 3 is 2.80 bits per heavy atom. The van der Waals surface area contributed by atoms with Crippen molar-refractivity contribution in [1.29, 1.82) is 0 Å². The Morgan fingerprint density at radius 1 is 1.36 bits per heavy atom. The summed E-state index contributed by atoms with van der Waals surface area (Å²) in [5, 5.41) is 12.8. The van der Waals surface area contributed by atoms with Crippen molar-refractivity contribution in [2.75, 3.05) is 7.11 Å². The van der Waals surface area contributed by atoms with Gasteiger partial charge in [0.25, 0.3) is 11.6 Å². The van der Waals surface area contributed by atoms with Gasteiger partial charge in [-0.3, -0.25) is 19.7 Å². The van der Waals surface area contributed by atoms with Crippen LogP contribution in [-0.2, 0) is 16.1 Å². The van der Waals surface area contributed by atoms with Crippen molar-refractivity contribution in [3.63, 3.8) is 0 Å². The Bertz CT molecular complexity index is 1030. The molecule has 0 atom stereocenters. The van der Waals surface area contributed by atoms with Crippen molar-refractivity contribution in [3.8, 4) is 0 Å². The Hall–Kier alpha value is -2.85. The molecule has 2 aromatic heterocycles. The summed E-state index contributed by atoms with van der Waals surface area (Å²) in [4.78, 5) is 39.3. The van der Waals surface area contributed by atoms with Gasteiger partial charge in [0.1, 0.15) is 6.54 Å². The zero-order valence-electron chi connectivity index (χ0n) is 12.9. The maximum atomic E-state index is 12.2. The van der Waals surface area contributed by atoms with Gasteiger partial charge in [-0.05, 0) is 17.5 Å². The second-order valence-corrected chi connectivity index (χ2v) is 6.81. The predicted octanol–water partition coefficient (Wildman–Crippen LogP) is 2.59. The molecule has 0 bridgehead atoms. The number of nitro groups is 1. The smallest absolute Gasteiger partial charge is 0.325 e. The molecule has 0 saturated carbocycles. The highest BCUT2D eigenvalue weighted by Crippen LogP contribution is 2.23. The Labute approximate surface area is 148 Å². The normalized spacial score (nSPS) is 11.6. The zero-order chi connectivity index (χ0) is 18.0. The fourth-order valence-corrected chi connectivity index (χ4v) is 3.76. The number of hydrogen-bond donors (Lipinski definition) is 0. The maximum Gasteiger partial charge on any atom is 0.325 e. The van der Waals surface area contributed by atoms with E-state index in [2.05, 4.69) is 9.73 Å². The standard InChI is InChI=1S/C15H11N3O5S2/c1-23-13(19)8-17-10-7-9(18(21)22)4-5-11(10)25-15(17)16-14(20)12-3-2-6-24-12/h2-7H,8H2,1H3. The van der Waals surface area contributed by atoms with Crippen LogP contribution in [0.4, 0.5) is 5.69 Å². The molecule has 0 unspecified atom stereocenters. The Kier molecular flexibility index (Phi) is 4.72.